The third-order valence-electron chi connectivity index (χ3n) is 4.28. The highest BCUT2D eigenvalue weighted by atomic mass is 32.2. The Hall–Kier alpha value is -1.47. The molecule has 21 heavy (non-hydrogen) atoms. The molecule has 2 fully saturated rings. The van der Waals surface area contributed by atoms with Gasteiger partial charge in [0.05, 0.1) is 0 Å². The van der Waals surface area contributed by atoms with Gasteiger partial charge in [0.25, 0.3) is 0 Å². The van der Waals surface area contributed by atoms with Crippen molar-refractivity contribution in [2.24, 2.45) is 5.92 Å². The molecule has 0 unspecified atom stereocenters. The van der Waals surface area contributed by atoms with E-state index in [1.54, 1.807) is 23.2 Å². The Morgan fingerprint density at radius 2 is 1.90 bits per heavy atom. The van der Waals surface area contributed by atoms with Gasteiger partial charge in [0.2, 0.25) is 15.9 Å². The van der Waals surface area contributed by atoms with Crippen LogP contribution in [0.4, 0.5) is 0 Å². The Morgan fingerprint density at radius 3 is 2.43 bits per heavy atom. The number of sulfonamides is 1. The zero-order valence-corrected chi connectivity index (χ0v) is 12.6. The monoisotopic (exact) mass is 309 g/mol. The van der Waals surface area contributed by atoms with E-state index in [4.69, 9.17) is 0 Å². The third-order valence-corrected chi connectivity index (χ3v) is 6.16. The molecule has 1 aromatic heterocycles. The summed E-state index contributed by atoms with van der Waals surface area (Å²) in [4.78, 5) is 18.0. The molecule has 0 radical (unpaired) electrons. The first kappa shape index (κ1) is 14.5. The second-order valence-corrected chi connectivity index (χ2v) is 7.48. The summed E-state index contributed by atoms with van der Waals surface area (Å²) >= 11 is 0. The van der Waals surface area contributed by atoms with Gasteiger partial charge in [0, 0.05) is 44.5 Å². The van der Waals surface area contributed by atoms with Gasteiger partial charge >= 0.3 is 0 Å². The third kappa shape index (κ3) is 2.80. The summed E-state index contributed by atoms with van der Waals surface area (Å²) in [6.45, 7) is 1.68. The molecule has 3 rings (SSSR count). The zero-order chi connectivity index (χ0) is 14.9. The fourth-order valence-corrected chi connectivity index (χ4v) is 4.10. The lowest BCUT2D eigenvalue weighted by molar-refractivity contribution is -0.139. The van der Waals surface area contributed by atoms with Crippen molar-refractivity contribution in [1.29, 1.82) is 0 Å². The number of pyridine rings is 1. The Bertz CT molecular complexity index is 606. The largest absolute Gasteiger partial charge is 0.340 e. The van der Waals surface area contributed by atoms with E-state index >= 15 is 0 Å². The summed E-state index contributed by atoms with van der Waals surface area (Å²) in [5.41, 5.74) is 0. The highest BCUT2D eigenvalue weighted by molar-refractivity contribution is 7.89. The summed E-state index contributed by atoms with van der Waals surface area (Å²) in [7, 11) is -3.49. The maximum absolute atomic E-state index is 12.4. The highest BCUT2D eigenvalue weighted by Gasteiger charge is 2.34. The Morgan fingerprint density at radius 1 is 1.19 bits per heavy atom. The van der Waals surface area contributed by atoms with Gasteiger partial charge in [-0.25, -0.2) is 8.42 Å². The number of aromatic nitrogens is 1. The van der Waals surface area contributed by atoms with Gasteiger partial charge in [-0.1, -0.05) is 6.42 Å². The molecule has 1 amide bonds. The van der Waals surface area contributed by atoms with Crippen molar-refractivity contribution in [1.82, 2.24) is 14.2 Å². The predicted molar refractivity (Wildman–Crippen MR) is 76.9 cm³/mol. The maximum Gasteiger partial charge on any atom is 0.244 e. The van der Waals surface area contributed by atoms with Gasteiger partial charge in [-0.05, 0) is 25.0 Å². The summed E-state index contributed by atoms with van der Waals surface area (Å²) in [5, 5.41) is 0. The van der Waals surface area contributed by atoms with Crippen molar-refractivity contribution in [3.63, 3.8) is 0 Å². The van der Waals surface area contributed by atoms with Crippen LogP contribution in [0.2, 0.25) is 0 Å². The van der Waals surface area contributed by atoms with E-state index in [9.17, 15) is 13.2 Å². The molecular weight excluding hydrogens is 290 g/mol. The predicted octanol–water partition coefficient (Wildman–Crippen LogP) is 0.715. The van der Waals surface area contributed by atoms with Crippen molar-refractivity contribution in [3.05, 3.63) is 24.5 Å². The van der Waals surface area contributed by atoms with Gasteiger partial charge in [-0.15, -0.1) is 0 Å². The Balaban J connectivity index is 1.64. The van der Waals surface area contributed by atoms with Gasteiger partial charge in [-0.2, -0.15) is 4.31 Å². The van der Waals surface area contributed by atoms with Crippen LogP contribution in [0.5, 0.6) is 0 Å². The van der Waals surface area contributed by atoms with Crippen LogP contribution >= 0.6 is 0 Å². The fraction of sp³-hybridized carbons (Fsp3) is 0.571. The van der Waals surface area contributed by atoms with E-state index in [-0.39, 0.29) is 16.7 Å². The maximum atomic E-state index is 12.4. The van der Waals surface area contributed by atoms with E-state index < -0.39 is 10.0 Å². The Kier molecular flexibility index (Phi) is 3.95. The minimum atomic E-state index is -3.49. The van der Waals surface area contributed by atoms with Crippen molar-refractivity contribution >= 4 is 15.9 Å². The molecule has 1 aliphatic heterocycles. The van der Waals surface area contributed by atoms with Crippen molar-refractivity contribution in [2.45, 2.75) is 24.2 Å². The van der Waals surface area contributed by atoms with Gasteiger partial charge in [-0.3, -0.25) is 9.78 Å². The normalized spacial score (nSPS) is 21.0. The first-order valence-corrected chi connectivity index (χ1v) is 8.72. The quantitative estimate of drug-likeness (QED) is 0.824. The van der Waals surface area contributed by atoms with E-state index in [0.717, 1.165) is 19.3 Å². The number of hydrogen-bond acceptors (Lipinski definition) is 4. The second-order valence-electron chi connectivity index (χ2n) is 5.55. The summed E-state index contributed by atoms with van der Waals surface area (Å²) < 4.78 is 26.3. The van der Waals surface area contributed by atoms with Crippen LogP contribution in [-0.4, -0.2) is 54.7 Å². The first-order chi connectivity index (χ1) is 10.1. The average molecular weight is 309 g/mol. The van der Waals surface area contributed by atoms with E-state index in [0.29, 0.717) is 26.2 Å². The lowest BCUT2D eigenvalue weighted by Gasteiger charge is -2.37. The van der Waals surface area contributed by atoms with Crippen LogP contribution in [0.3, 0.4) is 0 Å². The van der Waals surface area contributed by atoms with Gasteiger partial charge in [0.1, 0.15) is 4.90 Å². The number of amides is 1. The number of nitrogens with zero attached hydrogens (tertiary/aromatic N) is 3. The molecule has 0 spiro atoms. The van der Waals surface area contributed by atoms with Crippen LogP contribution in [0.25, 0.3) is 0 Å². The SMILES string of the molecule is O=C(C1CCC1)N1CCN(S(=O)(=O)c2cccnc2)CC1. The molecule has 0 N–H and O–H groups in total. The van der Waals surface area contributed by atoms with E-state index in [1.165, 1.54) is 10.5 Å². The van der Waals surface area contributed by atoms with Crippen LogP contribution < -0.4 is 0 Å². The summed E-state index contributed by atoms with van der Waals surface area (Å²) in [6.07, 6.45) is 6.00. The lowest BCUT2D eigenvalue weighted by atomic mass is 9.84. The molecule has 7 heteroatoms. The van der Waals surface area contributed by atoms with E-state index in [2.05, 4.69) is 4.98 Å². The number of hydrogen-bond donors (Lipinski definition) is 0. The Labute approximate surface area is 124 Å². The average Bonchev–Trinajstić information content (AvgIpc) is 2.46. The first-order valence-electron chi connectivity index (χ1n) is 7.28. The van der Waals surface area contributed by atoms with Crippen molar-refractivity contribution in [3.8, 4) is 0 Å². The molecule has 1 aliphatic carbocycles. The van der Waals surface area contributed by atoms with E-state index in [1.807, 2.05) is 0 Å². The highest BCUT2D eigenvalue weighted by Crippen LogP contribution is 2.29. The topological polar surface area (TPSA) is 70.6 Å². The van der Waals surface area contributed by atoms with Crippen molar-refractivity contribution in [2.75, 3.05) is 26.2 Å². The van der Waals surface area contributed by atoms with Gasteiger partial charge in [0.15, 0.2) is 0 Å². The minimum Gasteiger partial charge on any atom is -0.340 e. The van der Waals surface area contributed by atoms with Crippen LogP contribution in [-0.2, 0) is 14.8 Å². The number of carbonyl (C=O) groups is 1. The van der Waals surface area contributed by atoms with Crippen LogP contribution in [0.15, 0.2) is 29.4 Å². The molecule has 1 saturated carbocycles. The molecule has 0 aromatic carbocycles. The molecule has 114 valence electrons. The molecule has 6 nitrogen and oxygen atoms in total. The molecule has 2 aliphatic rings. The fourth-order valence-electron chi connectivity index (χ4n) is 2.71. The minimum absolute atomic E-state index is 0.173. The molecule has 2 heterocycles. The van der Waals surface area contributed by atoms with Crippen LogP contribution in [0.1, 0.15) is 19.3 Å². The van der Waals surface area contributed by atoms with Crippen molar-refractivity contribution < 1.29 is 13.2 Å². The smallest absolute Gasteiger partial charge is 0.244 e. The number of piperazine rings is 1. The molecule has 0 bridgehead atoms. The molecule has 1 saturated heterocycles. The second kappa shape index (κ2) is 5.73. The number of rotatable bonds is 3. The standard InChI is InChI=1S/C14H19N3O3S/c18-14(12-3-1-4-12)16-7-9-17(10-8-16)21(19,20)13-5-2-6-15-11-13/h2,5-6,11-12H,1,3-4,7-10H2. The lowest BCUT2D eigenvalue weighted by Crippen LogP contribution is -2.52. The molecular formula is C14H19N3O3S. The number of carbonyl (C=O) groups excluding carboxylic acids is 1. The molecule has 0 atom stereocenters. The van der Waals surface area contributed by atoms with Crippen LogP contribution in [0, 0.1) is 5.92 Å². The summed E-state index contributed by atoms with van der Waals surface area (Å²) in [6, 6.07) is 3.16. The summed E-state index contributed by atoms with van der Waals surface area (Å²) in [5.74, 6) is 0.367. The van der Waals surface area contributed by atoms with Gasteiger partial charge < -0.3 is 4.90 Å². The molecule has 1 aromatic rings. The zero-order valence-electron chi connectivity index (χ0n) is 11.8.